The second kappa shape index (κ2) is 8.91. The zero-order valence-electron chi connectivity index (χ0n) is 16.7. The van der Waals surface area contributed by atoms with E-state index in [1.165, 1.54) is 11.8 Å². The molecule has 0 aliphatic carbocycles. The van der Waals surface area contributed by atoms with Gasteiger partial charge in [0.2, 0.25) is 0 Å². The molecule has 0 unspecified atom stereocenters. The van der Waals surface area contributed by atoms with Crippen LogP contribution >= 0.6 is 11.8 Å². The fourth-order valence-corrected chi connectivity index (χ4v) is 3.52. The number of benzene rings is 2. The third kappa shape index (κ3) is 5.03. The summed E-state index contributed by atoms with van der Waals surface area (Å²) in [4.78, 5) is 24.3. The van der Waals surface area contributed by atoms with E-state index in [-0.39, 0.29) is 12.5 Å². The number of nitrogens with one attached hydrogen (secondary N) is 1. The van der Waals surface area contributed by atoms with Gasteiger partial charge in [0.25, 0.3) is 5.91 Å². The number of hydrogen-bond acceptors (Lipinski definition) is 6. The van der Waals surface area contributed by atoms with Gasteiger partial charge in [-0.15, -0.1) is 10.2 Å². The zero-order chi connectivity index (χ0) is 21.0. The van der Waals surface area contributed by atoms with Crippen LogP contribution in [-0.4, -0.2) is 39.5 Å². The number of thioether (sulfide) groups is 1. The smallest absolute Gasteiger partial charge is 0.338 e. The van der Waals surface area contributed by atoms with Gasteiger partial charge in [0.15, 0.2) is 11.8 Å². The summed E-state index contributed by atoms with van der Waals surface area (Å²) in [5.41, 5.74) is 3.99. The van der Waals surface area contributed by atoms with Crippen molar-refractivity contribution in [2.24, 2.45) is 0 Å². The average molecular weight is 410 g/mol. The Balaban J connectivity index is 1.61. The summed E-state index contributed by atoms with van der Waals surface area (Å²) >= 11 is 1.49. The quantitative estimate of drug-likeness (QED) is 0.492. The molecular weight excluding hydrogens is 388 g/mol. The summed E-state index contributed by atoms with van der Waals surface area (Å²) in [6.45, 7) is 5.42. The van der Waals surface area contributed by atoms with Crippen LogP contribution in [0.1, 0.15) is 27.3 Å². The van der Waals surface area contributed by atoms with Crippen LogP contribution in [0.25, 0.3) is 5.69 Å². The lowest BCUT2D eigenvalue weighted by Gasteiger charge is -2.10. The number of nitrogens with zero attached hydrogens (tertiary/aromatic N) is 3. The van der Waals surface area contributed by atoms with E-state index in [1.54, 1.807) is 24.3 Å². The predicted octanol–water partition coefficient (Wildman–Crippen LogP) is 3.71. The highest BCUT2D eigenvalue weighted by molar-refractivity contribution is 7.98. The maximum Gasteiger partial charge on any atom is 0.338 e. The molecule has 7 nitrogen and oxygen atoms in total. The first-order valence-corrected chi connectivity index (χ1v) is 10.2. The maximum absolute atomic E-state index is 12.3. The Labute approximate surface area is 173 Å². The first kappa shape index (κ1) is 20.6. The predicted molar refractivity (Wildman–Crippen MR) is 113 cm³/mol. The average Bonchev–Trinajstić information content (AvgIpc) is 3.06. The third-order valence-corrected chi connectivity index (χ3v) is 4.81. The van der Waals surface area contributed by atoms with E-state index in [1.807, 2.05) is 49.8 Å². The number of ether oxygens (including phenoxy) is 1. The molecule has 0 saturated carbocycles. The number of aryl methyl sites for hydroxylation is 3. The molecule has 1 amide bonds. The normalized spacial score (nSPS) is 10.6. The van der Waals surface area contributed by atoms with Crippen LogP contribution in [0.4, 0.5) is 5.69 Å². The molecular formula is C21H22N4O3S. The van der Waals surface area contributed by atoms with Gasteiger partial charge in [-0.1, -0.05) is 17.8 Å². The zero-order valence-corrected chi connectivity index (χ0v) is 17.5. The van der Waals surface area contributed by atoms with Crippen molar-refractivity contribution in [3.63, 3.8) is 0 Å². The number of esters is 1. The molecule has 29 heavy (non-hydrogen) atoms. The SMILES string of the molecule is CSc1nnc(C)n1-c1ccc(C(=O)OCC(=O)Nc2cc(C)cc(C)c2)cc1. The Hall–Kier alpha value is -3.13. The van der Waals surface area contributed by atoms with Crippen molar-refractivity contribution >= 4 is 29.3 Å². The van der Waals surface area contributed by atoms with Crippen molar-refractivity contribution in [3.8, 4) is 5.69 Å². The van der Waals surface area contributed by atoms with Crippen LogP contribution in [0, 0.1) is 20.8 Å². The van der Waals surface area contributed by atoms with Crippen LogP contribution < -0.4 is 5.32 Å². The van der Waals surface area contributed by atoms with Crippen LogP contribution in [0.3, 0.4) is 0 Å². The molecule has 3 rings (SSSR count). The molecule has 150 valence electrons. The molecule has 1 N–H and O–H groups in total. The van der Waals surface area contributed by atoms with Crippen LogP contribution in [0.2, 0.25) is 0 Å². The van der Waals surface area contributed by atoms with E-state index < -0.39 is 5.97 Å². The van der Waals surface area contributed by atoms with E-state index in [2.05, 4.69) is 15.5 Å². The maximum atomic E-state index is 12.3. The van der Waals surface area contributed by atoms with Crippen molar-refractivity contribution in [1.29, 1.82) is 0 Å². The summed E-state index contributed by atoms with van der Waals surface area (Å²) in [5, 5.41) is 11.7. The van der Waals surface area contributed by atoms with E-state index in [4.69, 9.17) is 4.74 Å². The minimum atomic E-state index is -0.558. The van der Waals surface area contributed by atoms with Gasteiger partial charge in [-0.3, -0.25) is 9.36 Å². The molecule has 0 bridgehead atoms. The van der Waals surface area contributed by atoms with Crippen LogP contribution in [-0.2, 0) is 9.53 Å². The minimum Gasteiger partial charge on any atom is -0.452 e. The molecule has 1 heterocycles. The summed E-state index contributed by atoms with van der Waals surface area (Å²) in [6.07, 6.45) is 1.93. The molecule has 0 saturated heterocycles. The van der Waals surface area contributed by atoms with Crippen LogP contribution in [0.5, 0.6) is 0 Å². The van der Waals surface area contributed by atoms with Gasteiger partial charge in [0.05, 0.1) is 5.56 Å². The summed E-state index contributed by atoms with van der Waals surface area (Å²) in [6, 6.07) is 12.6. The van der Waals surface area contributed by atoms with Gasteiger partial charge in [0, 0.05) is 11.4 Å². The van der Waals surface area contributed by atoms with E-state index in [0.717, 1.165) is 27.8 Å². The second-order valence-corrected chi connectivity index (χ2v) is 7.39. The van der Waals surface area contributed by atoms with Crippen molar-refractivity contribution in [1.82, 2.24) is 14.8 Å². The lowest BCUT2D eigenvalue weighted by Crippen LogP contribution is -2.21. The van der Waals surface area contributed by atoms with E-state index in [0.29, 0.717) is 11.3 Å². The number of rotatable bonds is 6. The fraction of sp³-hybridized carbons (Fsp3) is 0.238. The minimum absolute atomic E-state index is 0.352. The Morgan fingerprint density at radius 2 is 1.69 bits per heavy atom. The molecule has 8 heteroatoms. The molecule has 0 fully saturated rings. The van der Waals surface area contributed by atoms with Gasteiger partial charge in [0.1, 0.15) is 5.82 Å². The lowest BCUT2D eigenvalue weighted by molar-refractivity contribution is -0.119. The summed E-state index contributed by atoms with van der Waals surface area (Å²) in [5.74, 6) is -0.185. The third-order valence-electron chi connectivity index (χ3n) is 4.18. The van der Waals surface area contributed by atoms with Crippen molar-refractivity contribution in [2.45, 2.75) is 25.9 Å². The lowest BCUT2D eigenvalue weighted by atomic mass is 10.1. The van der Waals surface area contributed by atoms with Crippen molar-refractivity contribution in [2.75, 3.05) is 18.2 Å². The van der Waals surface area contributed by atoms with Gasteiger partial charge in [-0.2, -0.15) is 0 Å². The molecule has 0 aliphatic heterocycles. The van der Waals surface area contributed by atoms with Gasteiger partial charge in [-0.25, -0.2) is 4.79 Å². The highest BCUT2D eigenvalue weighted by atomic mass is 32.2. The van der Waals surface area contributed by atoms with E-state index >= 15 is 0 Å². The molecule has 2 aromatic carbocycles. The van der Waals surface area contributed by atoms with Gasteiger partial charge < -0.3 is 10.1 Å². The number of anilines is 1. The number of amides is 1. The fourth-order valence-electron chi connectivity index (χ4n) is 2.98. The molecule has 0 aliphatic rings. The van der Waals surface area contributed by atoms with Crippen LogP contribution in [0.15, 0.2) is 47.6 Å². The van der Waals surface area contributed by atoms with E-state index in [9.17, 15) is 9.59 Å². The number of carbonyl (C=O) groups excluding carboxylic acids is 2. The number of hydrogen-bond donors (Lipinski definition) is 1. The first-order chi connectivity index (χ1) is 13.9. The summed E-state index contributed by atoms with van der Waals surface area (Å²) < 4.78 is 7.04. The van der Waals surface area contributed by atoms with Crippen molar-refractivity contribution < 1.29 is 14.3 Å². The Kier molecular flexibility index (Phi) is 6.33. The highest BCUT2D eigenvalue weighted by Crippen LogP contribution is 2.20. The number of aromatic nitrogens is 3. The van der Waals surface area contributed by atoms with Gasteiger partial charge in [-0.05, 0) is 74.6 Å². The standard InChI is InChI=1S/C21H22N4O3S/c1-13-9-14(2)11-17(10-13)22-19(26)12-28-20(27)16-5-7-18(8-6-16)25-15(3)23-24-21(25)29-4/h5-11H,12H2,1-4H3,(H,22,26). The largest absolute Gasteiger partial charge is 0.452 e. The highest BCUT2D eigenvalue weighted by Gasteiger charge is 2.13. The monoisotopic (exact) mass is 410 g/mol. The molecule has 0 spiro atoms. The first-order valence-electron chi connectivity index (χ1n) is 8.99. The van der Waals surface area contributed by atoms with Gasteiger partial charge >= 0.3 is 5.97 Å². The molecule has 3 aromatic rings. The Morgan fingerprint density at radius 1 is 1.03 bits per heavy atom. The van der Waals surface area contributed by atoms with Crippen molar-refractivity contribution in [3.05, 3.63) is 65.0 Å². The Morgan fingerprint density at radius 3 is 2.31 bits per heavy atom. The molecule has 0 atom stereocenters. The molecule has 0 radical (unpaired) electrons. The number of carbonyl (C=O) groups is 2. The summed E-state index contributed by atoms with van der Waals surface area (Å²) in [7, 11) is 0. The Bertz CT molecular complexity index is 1020. The molecule has 1 aromatic heterocycles. The second-order valence-electron chi connectivity index (χ2n) is 6.62. The topological polar surface area (TPSA) is 86.1 Å².